The van der Waals surface area contributed by atoms with E-state index >= 15 is 0 Å². The van der Waals surface area contributed by atoms with E-state index in [1.807, 2.05) is 20.8 Å². The summed E-state index contributed by atoms with van der Waals surface area (Å²) in [7, 11) is 0. The number of hydrogen-bond donors (Lipinski definition) is 1. The van der Waals surface area contributed by atoms with E-state index in [2.05, 4.69) is 5.32 Å². The summed E-state index contributed by atoms with van der Waals surface area (Å²) in [4.78, 5) is 13.7. The molecule has 1 aromatic rings. The fourth-order valence-electron chi connectivity index (χ4n) is 2.21. The highest BCUT2D eigenvalue weighted by Gasteiger charge is 2.30. The second kappa shape index (κ2) is 6.32. The van der Waals surface area contributed by atoms with E-state index < -0.39 is 5.60 Å². The van der Waals surface area contributed by atoms with Gasteiger partial charge < -0.3 is 15.0 Å². The standard InChI is InChI=1S/C15H20Cl2N2O2/c1-15(2,3)21-14(20)19-8-7-10(9-19)18-13-11(16)5-4-6-12(13)17/h4-6,10,18H,7-9H2,1-3H3. The Morgan fingerprint density at radius 2 is 1.95 bits per heavy atom. The first-order valence-electron chi connectivity index (χ1n) is 6.95. The number of halogens is 2. The summed E-state index contributed by atoms with van der Waals surface area (Å²) in [5.41, 5.74) is 0.242. The van der Waals surface area contributed by atoms with Crippen molar-refractivity contribution < 1.29 is 9.53 Å². The van der Waals surface area contributed by atoms with Gasteiger partial charge in [-0.15, -0.1) is 0 Å². The molecule has 1 aliphatic heterocycles. The van der Waals surface area contributed by atoms with Gasteiger partial charge in [-0.2, -0.15) is 0 Å². The third-order valence-corrected chi connectivity index (χ3v) is 3.78. The minimum absolute atomic E-state index is 0.120. The first kappa shape index (κ1) is 16.2. The average Bonchev–Trinajstić information content (AvgIpc) is 2.80. The molecule has 0 aromatic heterocycles. The Kier molecular flexibility index (Phi) is 4.89. The van der Waals surface area contributed by atoms with Gasteiger partial charge in [0.2, 0.25) is 0 Å². The van der Waals surface area contributed by atoms with Crippen LogP contribution in [0.2, 0.25) is 10.0 Å². The minimum Gasteiger partial charge on any atom is -0.444 e. The molecule has 0 bridgehead atoms. The number of rotatable bonds is 2. The number of likely N-dealkylation sites (tertiary alicyclic amines) is 1. The summed E-state index contributed by atoms with van der Waals surface area (Å²) in [6, 6.07) is 5.50. The maximum Gasteiger partial charge on any atom is 0.410 e. The predicted octanol–water partition coefficient (Wildman–Crippen LogP) is 4.41. The van der Waals surface area contributed by atoms with Crippen LogP contribution in [0.1, 0.15) is 27.2 Å². The molecule has 21 heavy (non-hydrogen) atoms. The van der Waals surface area contributed by atoms with Gasteiger partial charge in [-0.05, 0) is 39.3 Å². The summed E-state index contributed by atoms with van der Waals surface area (Å²) in [5.74, 6) is 0. The van der Waals surface area contributed by atoms with Crippen LogP contribution in [0.25, 0.3) is 0 Å². The van der Waals surface area contributed by atoms with E-state index in [4.69, 9.17) is 27.9 Å². The highest BCUT2D eigenvalue weighted by atomic mass is 35.5. The van der Waals surface area contributed by atoms with Crippen molar-refractivity contribution in [1.29, 1.82) is 0 Å². The van der Waals surface area contributed by atoms with Crippen LogP contribution in [0.5, 0.6) is 0 Å². The lowest BCUT2D eigenvalue weighted by Gasteiger charge is -2.24. The molecule has 0 saturated carbocycles. The number of carbonyl (C=O) groups excluding carboxylic acids is 1. The van der Waals surface area contributed by atoms with E-state index in [0.29, 0.717) is 23.1 Å². The van der Waals surface area contributed by atoms with Gasteiger partial charge in [0.1, 0.15) is 5.60 Å². The lowest BCUT2D eigenvalue weighted by molar-refractivity contribution is 0.0293. The van der Waals surface area contributed by atoms with Crippen LogP contribution in [-0.4, -0.2) is 35.7 Å². The first-order valence-corrected chi connectivity index (χ1v) is 7.70. The lowest BCUT2D eigenvalue weighted by atomic mass is 10.2. The molecule has 1 unspecified atom stereocenters. The second-order valence-electron chi connectivity index (χ2n) is 6.15. The van der Waals surface area contributed by atoms with Gasteiger partial charge in [-0.25, -0.2) is 4.79 Å². The molecule has 0 radical (unpaired) electrons. The molecule has 116 valence electrons. The van der Waals surface area contributed by atoms with Gasteiger partial charge >= 0.3 is 6.09 Å². The maximum atomic E-state index is 12.0. The zero-order valence-corrected chi connectivity index (χ0v) is 14.0. The smallest absolute Gasteiger partial charge is 0.410 e. The third kappa shape index (κ3) is 4.42. The third-order valence-electron chi connectivity index (χ3n) is 3.15. The van der Waals surface area contributed by atoms with Crippen LogP contribution in [0, 0.1) is 0 Å². The molecule has 1 aromatic carbocycles. The summed E-state index contributed by atoms with van der Waals surface area (Å²) in [6.45, 7) is 6.83. The molecule has 1 N–H and O–H groups in total. The summed E-state index contributed by atoms with van der Waals surface area (Å²) in [5, 5.41) is 4.48. The molecule has 1 fully saturated rings. The van der Waals surface area contributed by atoms with Gasteiger partial charge in [0.05, 0.1) is 15.7 Å². The highest BCUT2D eigenvalue weighted by molar-refractivity contribution is 6.39. The van der Waals surface area contributed by atoms with Crippen molar-refractivity contribution in [3.63, 3.8) is 0 Å². The van der Waals surface area contributed by atoms with Crippen LogP contribution in [-0.2, 0) is 4.74 Å². The fraction of sp³-hybridized carbons (Fsp3) is 0.533. The lowest BCUT2D eigenvalue weighted by Crippen LogP contribution is -2.36. The molecule has 0 aliphatic carbocycles. The maximum absolute atomic E-state index is 12.0. The fourth-order valence-corrected chi connectivity index (χ4v) is 2.72. The van der Waals surface area contributed by atoms with Crippen molar-refractivity contribution in [3.8, 4) is 0 Å². The highest BCUT2D eigenvalue weighted by Crippen LogP contribution is 2.31. The summed E-state index contributed by atoms with van der Waals surface area (Å²) < 4.78 is 5.37. The normalized spacial score (nSPS) is 18.7. The molecular weight excluding hydrogens is 311 g/mol. The zero-order valence-electron chi connectivity index (χ0n) is 12.5. The Morgan fingerprint density at radius 1 is 1.33 bits per heavy atom. The van der Waals surface area contributed by atoms with Crippen molar-refractivity contribution in [3.05, 3.63) is 28.2 Å². The first-order chi connectivity index (χ1) is 9.76. The van der Waals surface area contributed by atoms with Crippen molar-refractivity contribution in [2.75, 3.05) is 18.4 Å². The molecule has 1 amide bonds. The molecular formula is C15H20Cl2N2O2. The second-order valence-corrected chi connectivity index (χ2v) is 6.97. The van der Waals surface area contributed by atoms with Crippen LogP contribution < -0.4 is 5.32 Å². The van der Waals surface area contributed by atoms with E-state index in [9.17, 15) is 4.79 Å². The molecule has 1 aliphatic rings. The zero-order chi connectivity index (χ0) is 15.6. The van der Waals surface area contributed by atoms with E-state index in [1.54, 1.807) is 23.1 Å². The van der Waals surface area contributed by atoms with Gasteiger partial charge in [0.25, 0.3) is 0 Å². The molecule has 6 heteroatoms. The number of amides is 1. The van der Waals surface area contributed by atoms with Crippen molar-refractivity contribution >= 4 is 35.0 Å². The number of ether oxygens (including phenoxy) is 1. The number of para-hydroxylation sites is 1. The average molecular weight is 331 g/mol. The van der Waals surface area contributed by atoms with Gasteiger partial charge in [-0.1, -0.05) is 29.3 Å². The summed E-state index contributed by atoms with van der Waals surface area (Å²) >= 11 is 12.3. The quantitative estimate of drug-likeness (QED) is 0.872. The van der Waals surface area contributed by atoms with Crippen LogP contribution in [0.4, 0.5) is 10.5 Å². The van der Waals surface area contributed by atoms with Crippen molar-refractivity contribution in [2.45, 2.75) is 38.8 Å². The summed E-state index contributed by atoms with van der Waals surface area (Å²) in [6.07, 6.45) is 0.554. The molecule has 1 heterocycles. The number of carbonyl (C=O) groups is 1. The Morgan fingerprint density at radius 3 is 2.52 bits per heavy atom. The van der Waals surface area contributed by atoms with Crippen LogP contribution in [0.3, 0.4) is 0 Å². The Hall–Kier alpha value is -1.13. The van der Waals surface area contributed by atoms with Crippen molar-refractivity contribution in [2.24, 2.45) is 0 Å². The monoisotopic (exact) mass is 330 g/mol. The van der Waals surface area contributed by atoms with Gasteiger partial charge in [-0.3, -0.25) is 0 Å². The molecule has 1 atom stereocenters. The molecule has 1 saturated heterocycles. The Bertz CT molecular complexity index is 509. The van der Waals surface area contributed by atoms with Crippen LogP contribution in [0.15, 0.2) is 18.2 Å². The topological polar surface area (TPSA) is 41.6 Å². The molecule has 4 nitrogen and oxygen atoms in total. The Balaban J connectivity index is 1.95. The van der Waals surface area contributed by atoms with E-state index in [0.717, 1.165) is 12.1 Å². The van der Waals surface area contributed by atoms with Gasteiger partial charge in [0.15, 0.2) is 0 Å². The number of nitrogens with one attached hydrogen (secondary N) is 1. The molecule has 0 spiro atoms. The number of benzene rings is 1. The number of nitrogens with zero attached hydrogens (tertiary/aromatic N) is 1. The largest absolute Gasteiger partial charge is 0.444 e. The SMILES string of the molecule is CC(C)(C)OC(=O)N1CCC(Nc2c(Cl)cccc2Cl)C1. The number of hydrogen-bond acceptors (Lipinski definition) is 3. The van der Waals surface area contributed by atoms with E-state index in [-0.39, 0.29) is 12.1 Å². The Labute approximate surface area is 135 Å². The van der Waals surface area contributed by atoms with Crippen LogP contribution >= 0.6 is 23.2 Å². The molecule has 2 rings (SSSR count). The van der Waals surface area contributed by atoms with E-state index in [1.165, 1.54) is 0 Å². The van der Waals surface area contributed by atoms with Crippen molar-refractivity contribution in [1.82, 2.24) is 4.90 Å². The minimum atomic E-state index is -0.478. The predicted molar refractivity (Wildman–Crippen MR) is 86.3 cm³/mol. The number of anilines is 1. The van der Waals surface area contributed by atoms with Gasteiger partial charge in [0, 0.05) is 19.1 Å².